The Hall–Kier alpha value is -3.48. The Morgan fingerprint density at radius 3 is 2.61 bits per heavy atom. The van der Waals surface area contributed by atoms with Gasteiger partial charge >= 0.3 is 5.97 Å². The number of benzene rings is 2. The highest BCUT2D eigenvalue weighted by molar-refractivity contribution is 8.03. The molecule has 2 aromatic rings. The second kappa shape index (κ2) is 12.0. The lowest BCUT2D eigenvalue weighted by molar-refractivity contribution is -0.150. The van der Waals surface area contributed by atoms with Crippen LogP contribution in [0.15, 0.2) is 47.0 Å². The number of ether oxygens (including phenoxy) is 2. The van der Waals surface area contributed by atoms with Gasteiger partial charge in [0.2, 0.25) is 11.8 Å². The number of halogens is 1. The number of methoxy groups -OCH3 is 1. The number of aryl methyl sites for hydroxylation is 2. The molecule has 0 unspecified atom stereocenters. The van der Waals surface area contributed by atoms with Gasteiger partial charge in [-0.15, -0.1) is 0 Å². The van der Waals surface area contributed by atoms with Crippen molar-refractivity contribution in [2.24, 2.45) is 5.92 Å². The smallest absolute Gasteiger partial charge is 0.319 e. The molecule has 2 amide bonds. The molecule has 8 nitrogen and oxygen atoms in total. The first-order chi connectivity index (χ1) is 17.2. The first-order valence-electron chi connectivity index (χ1n) is 11.1. The van der Waals surface area contributed by atoms with Gasteiger partial charge in [0, 0.05) is 11.6 Å². The highest BCUT2D eigenvalue weighted by Crippen LogP contribution is 2.42. The van der Waals surface area contributed by atoms with Crippen molar-refractivity contribution in [1.29, 1.82) is 5.26 Å². The maximum atomic E-state index is 13.0. The van der Waals surface area contributed by atoms with Crippen molar-refractivity contribution in [2.75, 3.05) is 24.8 Å². The first kappa shape index (κ1) is 27.1. The van der Waals surface area contributed by atoms with Gasteiger partial charge in [-0.25, -0.2) is 0 Å². The zero-order valence-corrected chi connectivity index (χ0v) is 21.9. The van der Waals surface area contributed by atoms with Crippen LogP contribution < -0.4 is 15.4 Å². The molecule has 10 heteroatoms. The minimum Gasteiger partial charge on any atom is -0.492 e. The second-order valence-corrected chi connectivity index (χ2v) is 9.49. The summed E-state index contributed by atoms with van der Waals surface area (Å²) < 4.78 is 10.3. The molecule has 0 saturated heterocycles. The van der Waals surface area contributed by atoms with Gasteiger partial charge in [-0.3, -0.25) is 14.4 Å². The van der Waals surface area contributed by atoms with Crippen LogP contribution in [0.1, 0.15) is 29.5 Å². The van der Waals surface area contributed by atoms with E-state index in [1.807, 2.05) is 39.0 Å². The van der Waals surface area contributed by atoms with E-state index in [0.29, 0.717) is 23.6 Å². The van der Waals surface area contributed by atoms with E-state index in [1.165, 1.54) is 7.11 Å². The van der Waals surface area contributed by atoms with Crippen molar-refractivity contribution >= 4 is 46.8 Å². The van der Waals surface area contributed by atoms with E-state index in [9.17, 15) is 19.6 Å². The van der Waals surface area contributed by atoms with Gasteiger partial charge < -0.3 is 20.1 Å². The van der Waals surface area contributed by atoms with Crippen LogP contribution in [0.4, 0.5) is 5.69 Å². The van der Waals surface area contributed by atoms with Crippen molar-refractivity contribution in [2.45, 2.75) is 26.7 Å². The molecule has 0 bridgehead atoms. The normalized spacial score (nSPS) is 17.2. The molecule has 2 aromatic carbocycles. The predicted molar refractivity (Wildman–Crippen MR) is 139 cm³/mol. The van der Waals surface area contributed by atoms with Crippen LogP contribution in [0.2, 0.25) is 5.02 Å². The first-order valence-corrected chi connectivity index (χ1v) is 12.5. The Morgan fingerprint density at radius 1 is 1.22 bits per heavy atom. The summed E-state index contributed by atoms with van der Waals surface area (Å²) >= 11 is 7.37. The van der Waals surface area contributed by atoms with Crippen molar-refractivity contribution in [3.8, 4) is 11.8 Å². The monoisotopic (exact) mass is 527 g/mol. The fourth-order valence-electron chi connectivity index (χ4n) is 3.86. The molecule has 3 rings (SSSR count). The molecule has 2 atom stereocenters. The average Bonchev–Trinajstić information content (AvgIpc) is 2.85. The fourth-order valence-corrected chi connectivity index (χ4v) is 4.95. The Bertz CT molecular complexity index is 1270. The van der Waals surface area contributed by atoms with Crippen molar-refractivity contribution in [3.05, 3.63) is 68.7 Å². The number of nitrogens with one attached hydrogen (secondary N) is 2. The second-order valence-electron chi connectivity index (χ2n) is 8.10. The average molecular weight is 528 g/mol. The number of nitrogens with zero attached hydrogens (tertiary/aromatic N) is 1. The predicted octanol–water partition coefficient (Wildman–Crippen LogP) is 4.47. The lowest BCUT2D eigenvalue weighted by Crippen LogP contribution is -2.44. The Balaban J connectivity index is 1.93. The Kier molecular flexibility index (Phi) is 9.02. The summed E-state index contributed by atoms with van der Waals surface area (Å²) in [5.41, 5.74) is 3.21. The number of rotatable bonds is 8. The van der Waals surface area contributed by atoms with Crippen LogP contribution in [0.5, 0.6) is 5.75 Å². The van der Waals surface area contributed by atoms with E-state index in [0.717, 1.165) is 22.9 Å². The zero-order valence-electron chi connectivity index (χ0n) is 20.3. The molecule has 2 N–H and O–H groups in total. The molecule has 1 heterocycles. The molecule has 0 saturated carbocycles. The Morgan fingerprint density at radius 2 is 1.97 bits per heavy atom. The number of carbonyl (C=O) groups is 3. The van der Waals surface area contributed by atoms with E-state index in [4.69, 9.17) is 21.1 Å². The van der Waals surface area contributed by atoms with E-state index < -0.39 is 23.7 Å². The minimum atomic E-state index is -1.30. The van der Waals surface area contributed by atoms with Crippen LogP contribution in [0.3, 0.4) is 0 Å². The van der Waals surface area contributed by atoms with Crippen LogP contribution in [-0.2, 0) is 19.1 Å². The van der Waals surface area contributed by atoms with Crippen molar-refractivity contribution in [3.63, 3.8) is 0 Å². The number of hydrogen-bond donors (Lipinski definition) is 2. The van der Waals surface area contributed by atoms with E-state index in [-0.39, 0.29) is 27.3 Å². The molecule has 0 spiro atoms. The fraction of sp³-hybridized carbons (Fsp3) is 0.308. The van der Waals surface area contributed by atoms with Gasteiger partial charge in [0.1, 0.15) is 11.7 Å². The number of carbonyl (C=O) groups excluding carboxylic acids is 3. The zero-order chi connectivity index (χ0) is 26.4. The molecule has 188 valence electrons. The van der Waals surface area contributed by atoms with Gasteiger partial charge in [-0.05, 0) is 55.7 Å². The molecule has 0 radical (unpaired) electrons. The number of esters is 1. The minimum absolute atomic E-state index is 0.0617. The van der Waals surface area contributed by atoms with Gasteiger partial charge in [-0.1, -0.05) is 41.6 Å². The van der Waals surface area contributed by atoms with Crippen LogP contribution >= 0.6 is 23.4 Å². The summed E-state index contributed by atoms with van der Waals surface area (Å²) in [6.45, 7) is 6.04. The van der Waals surface area contributed by atoms with Gasteiger partial charge in [-0.2, -0.15) is 5.26 Å². The number of hydrogen-bond acceptors (Lipinski definition) is 7. The number of anilines is 1. The summed E-state index contributed by atoms with van der Waals surface area (Å²) in [4.78, 5) is 38.2. The maximum absolute atomic E-state index is 13.0. The number of thioether (sulfide) groups is 1. The van der Waals surface area contributed by atoms with E-state index in [2.05, 4.69) is 16.7 Å². The molecular formula is C26H26ClN3O5S. The third-order valence-electron chi connectivity index (χ3n) is 5.61. The number of amides is 2. The van der Waals surface area contributed by atoms with Gasteiger partial charge in [0.15, 0.2) is 0 Å². The molecule has 0 aromatic heterocycles. The summed E-state index contributed by atoms with van der Waals surface area (Å²) in [5.74, 6) is -3.59. The van der Waals surface area contributed by atoms with Crippen molar-refractivity contribution in [1.82, 2.24) is 5.32 Å². The third kappa shape index (κ3) is 6.01. The van der Waals surface area contributed by atoms with Gasteiger partial charge in [0.05, 0.1) is 41.2 Å². The van der Waals surface area contributed by atoms with Crippen molar-refractivity contribution < 1.29 is 23.9 Å². The van der Waals surface area contributed by atoms with E-state index in [1.54, 1.807) is 18.2 Å². The molecule has 1 aliphatic rings. The summed E-state index contributed by atoms with van der Waals surface area (Å²) in [7, 11) is 1.18. The summed E-state index contributed by atoms with van der Waals surface area (Å²) in [6.07, 6.45) is 0. The quantitative estimate of drug-likeness (QED) is 0.384. The topological polar surface area (TPSA) is 118 Å². The highest BCUT2D eigenvalue weighted by Gasteiger charge is 2.44. The standard InChI is InChI=1S/C26H26ClN3O5S/c1-5-35-20-9-8-16(11-18(20)27)22-17(12-28)25(30-24(32)23(22)26(33)34-4)36-13-21(31)29-19-10-14(2)6-7-15(19)3/h6-11,22-23H,5,13H2,1-4H3,(H,29,31)(H,30,32)/t22-,23+/m1/s1. The largest absolute Gasteiger partial charge is 0.492 e. The number of nitriles is 1. The molecule has 0 fully saturated rings. The van der Waals surface area contributed by atoms with E-state index >= 15 is 0 Å². The molecule has 0 aliphatic carbocycles. The summed E-state index contributed by atoms with van der Waals surface area (Å²) in [6, 6.07) is 12.7. The molecule has 36 heavy (non-hydrogen) atoms. The number of allylic oxidation sites excluding steroid dienone is 1. The van der Waals surface area contributed by atoms with Crippen LogP contribution in [0, 0.1) is 31.1 Å². The molecule has 1 aliphatic heterocycles. The lowest BCUT2D eigenvalue weighted by Gasteiger charge is -2.31. The molecular weight excluding hydrogens is 502 g/mol. The van der Waals surface area contributed by atoms with Gasteiger partial charge in [0.25, 0.3) is 0 Å². The third-order valence-corrected chi connectivity index (χ3v) is 6.93. The maximum Gasteiger partial charge on any atom is 0.319 e. The van der Waals surface area contributed by atoms with Crippen LogP contribution in [0.25, 0.3) is 0 Å². The Labute approximate surface area is 219 Å². The lowest BCUT2D eigenvalue weighted by atomic mass is 9.78. The highest BCUT2D eigenvalue weighted by atomic mass is 35.5. The van der Waals surface area contributed by atoms with Crippen LogP contribution in [-0.4, -0.2) is 37.3 Å². The summed E-state index contributed by atoms with van der Waals surface area (Å²) in [5, 5.41) is 16.0. The SMILES string of the molecule is CCOc1ccc([C@@H]2C(C#N)=C(SCC(=O)Nc3cc(C)ccc3C)NC(=O)[C@H]2C(=O)OC)cc1Cl.